The molecular weight excluding hydrogens is 200 g/mol. The highest BCUT2D eigenvalue weighted by atomic mass is 32.1. The van der Waals surface area contributed by atoms with Crippen molar-refractivity contribution < 1.29 is 4.74 Å². The molecule has 0 aliphatic carbocycles. The van der Waals surface area contributed by atoms with E-state index in [2.05, 4.69) is 14.3 Å². The molecule has 2 aromatic heterocycles. The number of methoxy groups -OCH3 is 1. The number of rotatable bonds is 2. The Morgan fingerprint density at radius 2 is 2.36 bits per heavy atom. The van der Waals surface area contributed by atoms with E-state index in [1.165, 1.54) is 11.5 Å². The summed E-state index contributed by atoms with van der Waals surface area (Å²) in [5, 5.41) is 0. The van der Waals surface area contributed by atoms with Crippen LogP contribution in [0, 0.1) is 0 Å². The summed E-state index contributed by atoms with van der Waals surface area (Å²) in [6, 6.07) is 3.42. The number of nitrogen functional groups attached to an aromatic ring is 1. The molecule has 0 aromatic carbocycles. The Balaban J connectivity index is 2.39. The average molecular weight is 208 g/mol. The lowest BCUT2D eigenvalue weighted by Gasteiger charge is -1.94. The lowest BCUT2D eigenvalue weighted by atomic mass is 10.4. The van der Waals surface area contributed by atoms with E-state index in [0.29, 0.717) is 17.5 Å². The summed E-state index contributed by atoms with van der Waals surface area (Å²) in [4.78, 5) is 9.00. The fourth-order valence-electron chi connectivity index (χ4n) is 0.952. The molecular formula is C8H8N4OS. The van der Waals surface area contributed by atoms with Gasteiger partial charge in [-0.05, 0) is 17.6 Å². The highest BCUT2D eigenvalue weighted by Crippen LogP contribution is 2.24. The van der Waals surface area contributed by atoms with Crippen LogP contribution >= 0.6 is 11.5 Å². The highest BCUT2D eigenvalue weighted by molar-refractivity contribution is 7.09. The summed E-state index contributed by atoms with van der Waals surface area (Å²) in [6.07, 6.45) is 1.61. The van der Waals surface area contributed by atoms with Crippen molar-refractivity contribution in [3.05, 3.63) is 18.3 Å². The second-order valence-corrected chi connectivity index (χ2v) is 3.34. The molecule has 2 rings (SSSR count). The largest absolute Gasteiger partial charge is 0.480 e. The van der Waals surface area contributed by atoms with Crippen molar-refractivity contribution in [1.29, 1.82) is 0 Å². The van der Waals surface area contributed by atoms with Crippen LogP contribution in [-0.4, -0.2) is 21.5 Å². The van der Waals surface area contributed by atoms with Crippen molar-refractivity contribution in [2.75, 3.05) is 12.8 Å². The monoisotopic (exact) mass is 208 g/mol. The summed E-state index contributed by atoms with van der Waals surface area (Å²) < 4.78 is 9.00. The quantitative estimate of drug-likeness (QED) is 0.802. The van der Waals surface area contributed by atoms with Crippen molar-refractivity contribution in [2.24, 2.45) is 0 Å². The zero-order valence-corrected chi connectivity index (χ0v) is 8.28. The van der Waals surface area contributed by atoms with Gasteiger partial charge in [0.25, 0.3) is 0 Å². The van der Waals surface area contributed by atoms with E-state index in [9.17, 15) is 0 Å². The van der Waals surface area contributed by atoms with Crippen LogP contribution in [0.1, 0.15) is 0 Å². The van der Waals surface area contributed by atoms with Crippen LogP contribution in [0.3, 0.4) is 0 Å². The predicted molar refractivity (Wildman–Crippen MR) is 54.1 cm³/mol. The molecule has 0 bridgehead atoms. The zero-order chi connectivity index (χ0) is 9.97. The number of ether oxygens (including phenoxy) is 1. The minimum absolute atomic E-state index is 0.447. The molecule has 2 N–H and O–H groups in total. The van der Waals surface area contributed by atoms with E-state index < -0.39 is 0 Å². The maximum absolute atomic E-state index is 5.54. The fourth-order valence-corrected chi connectivity index (χ4v) is 1.60. The lowest BCUT2D eigenvalue weighted by molar-refractivity contribution is 0.403. The van der Waals surface area contributed by atoms with E-state index >= 15 is 0 Å². The average Bonchev–Trinajstić information content (AvgIpc) is 2.66. The molecule has 0 spiro atoms. The molecule has 14 heavy (non-hydrogen) atoms. The second kappa shape index (κ2) is 3.59. The smallest absolute Gasteiger partial charge is 0.225 e. The Hall–Kier alpha value is -1.69. The number of nitrogens with two attached hydrogens (primary N) is 1. The summed E-state index contributed by atoms with van der Waals surface area (Å²) in [6.45, 7) is 0. The first kappa shape index (κ1) is 8.89. The second-order valence-electron chi connectivity index (χ2n) is 2.54. The predicted octanol–water partition coefficient (Wildman–Crippen LogP) is 1.19. The molecule has 0 amide bonds. The molecule has 5 nitrogen and oxygen atoms in total. The Kier molecular flexibility index (Phi) is 2.28. The first-order valence-corrected chi connectivity index (χ1v) is 4.66. The van der Waals surface area contributed by atoms with E-state index in [0.717, 1.165) is 4.88 Å². The third-order valence-corrected chi connectivity index (χ3v) is 2.36. The molecule has 0 atom stereocenters. The van der Waals surface area contributed by atoms with E-state index in [4.69, 9.17) is 10.5 Å². The van der Waals surface area contributed by atoms with Crippen molar-refractivity contribution >= 4 is 17.4 Å². The minimum Gasteiger partial charge on any atom is -0.480 e. The SMILES string of the molecule is COc1cc(-c2nccc(N)n2)sn1. The molecule has 2 heterocycles. The molecule has 0 aliphatic rings. The van der Waals surface area contributed by atoms with Gasteiger partial charge >= 0.3 is 0 Å². The highest BCUT2D eigenvalue weighted by Gasteiger charge is 2.06. The third kappa shape index (κ3) is 1.64. The van der Waals surface area contributed by atoms with Gasteiger partial charge in [-0.3, -0.25) is 0 Å². The lowest BCUT2D eigenvalue weighted by Crippen LogP contribution is -1.92. The van der Waals surface area contributed by atoms with Crippen molar-refractivity contribution in [3.63, 3.8) is 0 Å². The standard InChI is InChI=1S/C8H8N4OS/c1-13-7-4-5(14-12-7)8-10-3-2-6(9)11-8/h2-4H,1H3,(H2,9,10,11). The van der Waals surface area contributed by atoms with Gasteiger partial charge in [-0.15, -0.1) is 0 Å². The maximum Gasteiger partial charge on any atom is 0.225 e. The number of hydrogen-bond acceptors (Lipinski definition) is 6. The van der Waals surface area contributed by atoms with Gasteiger partial charge in [0.15, 0.2) is 5.82 Å². The topological polar surface area (TPSA) is 73.9 Å². The zero-order valence-electron chi connectivity index (χ0n) is 7.47. The molecule has 0 aliphatic heterocycles. The number of nitrogens with zero attached hydrogens (tertiary/aromatic N) is 3. The minimum atomic E-state index is 0.447. The molecule has 0 saturated carbocycles. The molecule has 0 saturated heterocycles. The molecule has 6 heteroatoms. The van der Waals surface area contributed by atoms with E-state index in [1.807, 2.05) is 0 Å². The summed E-state index contributed by atoms with van der Waals surface area (Å²) in [5.74, 6) is 1.59. The third-order valence-electron chi connectivity index (χ3n) is 1.60. The van der Waals surface area contributed by atoms with Gasteiger partial charge in [0.2, 0.25) is 5.88 Å². The fraction of sp³-hybridized carbons (Fsp3) is 0.125. The molecule has 0 radical (unpaired) electrons. The van der Waals surface area contributed by atoms with Gasteiger partial charge in [-0.25, -0.2) is 9.97 Å². The summed E-state index contributed by atoms with van der Waals surface area (Å²) in [5.41, 5.74) is 5.54. The van der Waals surface area contributed by atoms with Crippen molar-refractivity contribution in [3.8, 4) is 16.6 Å². The van der Waals surface area contributed by atoms with Gasteiger partial charge in [0.05, 0.1) is 12.0 Å². The van der Waals surface area contributed by atoms with Crippen molar-refractivity contribution in [2.45, 2.75) is 0 Å². The Labute approximate surface area is 84.7 Å². The van der Waals surface area contributed by atoms with Gasteiger partial charge in [-0.2, -0.15) is 4.37 Å². The van der Waals surface area contributed by atoms with Crippen LogP contribution in [0.25, 0.3) is 10.7 Å². The summed E-state index contributed by atoms with van der Waals surface area (Å²) in [7, 11) is 1.57. The first-order chi connectivity index (χ1) is 6.79. The molecule has 2 aromatic rings. The number of anilines is 1. The van der Waals surface area contributed by atoms with Gasteiger partial charge in [0, 0.05) is 12.3 Å². The van der Waals surface area contributed by atoms with Crippen LogP contribution in [0.5, 0.6) is 5.88 Å². The first-order valence-electron chi connectivity index (χ1n) is 3.89. The van der Waals surface area contributed by atoms with Crippen LogP contribution in [0.4, 0.5) is 5.82 Å². The van der Waals surface area contributed by atoms with Gasteiger partial charge in [-0.1, -0.05) is 0 Å². The van der Waals surface area contributed by atoms with Crippen LogP contribution in [0.15, 0.2) is 18.3 Å². The number of hydrogen-bond donors (Lipinski definition) is 1. The van der Waals surface area contributed by atoms with Crippen LogP contribution in [0.2, 0.25) is 0 Å². The maximum atomic E-state index is 5.54. The van der Waals surface area contributed by atoms with Crippen LogP contribution in [-0.2, 0) is 0 Å². The normalized spacial score (nSPS) is 10.1. The Bertz CT molecular complexity index is 442. The molecule has 0 fully saturated rings. The number of aromatic nitrogens is 3. The van der Waals surface area contributed by atoms with Gasteiger partial charge < -0.3 is 10.5 Å². The molecule has 72 valence electrons. The van der Waals surface area contributed by atoms with Crippen LogP contribution < -0.4 is 10.5 Å². The van der Waals surface area contributed by atoms with Crippen molar-refractivity contribution in [1.82, 2.24) is 14.3 Å². The van der Waals surface area contributed by atoms with E-state index in [-0.39, 0.29) is 0 Å². The molecule has 0 unspecified atom stereocenters. The Morgan fingerprint density at radius 3 is 3.00 bits per heavy atom. The summed E-state index contributed by atoms with van der Waals surface area (Å²) >= 11 is 1.28. The van der Waals surface area contributed by atoms with Gasteiger partial charge in [0.1, 0.15) is 5.82 Å². The van der Waals surface area contributed by atoms with E-state index in [1.54, 1.807) is 25.4 Å². The Morgan fingerprint density at radius 1 is 1.50 bits per heavy atom.